The number of aromatic nitrogens is 1. The Morgan fingerprint density at radius 1 is 1.16 bits per heavy atom. The number of pyridine rings is 1. The lowest BCUT2D eigenvalue weighted by Crippen LogP contribution is -2.15. The number of benzene rings is 1. The van der Waals surface area contributed by atoms with Crippen molar-refractivity contribution in [3.8, 4) is 0 Å². The van der Waals surface area contributed by atoms with Crippen LogP contribution in [0.2, 0.25) is 0 Å². The van der Waals surface area contributed by atoms with Crippen LogP contribution in [-0.4, -0.2) is 10.8 Å². The molecule has 98 valence electrons. The molecule has 3 nitrogen and oxygen atoms in total. The van der Waals surface area contributed by atoms with Crippen LogP contribution in [-0.2, 0) is 0 Å². The molecular weight excluding hydrogens is 254 g/mol. The van der Waals surface area contributed by atoms with Crippen molar-refractivity contribution < 1.29 is 0 Å². The van der Waals surface area contributed by atoms with E-state index < -0.39 is 0 Å². The van der Waals surface area contributed by atoms with Gasteiger partial charge < -0.3 is 5.73 Å². The summed E-state index contributed by atoms with van der Waals surface area (Å²) in [7, 11) is 0. The largest absolute Gasteiger partial charge is 0.384 e. The molecule has 19 heavy (non-hydrogen) atoms. The standard InChI is InChI=1S/C15H17N3S/c1-9-4-6-12(7-5-9)19-15-13(14(16)17)10(2)8-11(3)18-15/h4-8H,1-3H3,(H3,16,17). The topological polar surface area (TPSA) is 62.8 Å². The third-order valence-corrected chi connectivity index (χ3v) is 3.81. The molecule has 0 aliphatic rings. The van der Waals surface area contributed by atoms with Crippen LogP contribution in [0.25, 0.3) is 0 Å². The van der Waals surface area contributed by atoms with Gasteiger partial charge in [-0.15, -0.1) is 0 Å². The molecule has 0 saturated carbocycles. The minimum absolute atomic E-state index is 0.0691. The molecule has 0 amide bonds. The summed E-state index contributed by atoms with van der Waals surface area (Å²) >= 11 is 1.55. The maximum Gasteiger partial charge on any atom is 0.125 e. The molecule has 0 saturated heterocycles. The van der Waals surface area contributed by atoms with E-state index >= 15 is 0 Å². The van der Waals surface area contributed by atoms with Crippen molar-refractivity contribution in [1.82, 2.24) is 4.98 Å². The van der Waals surface area contributed by atoms with Crippen molar-refractivity contribution in [3.63, 3.8) is 0 Å². The molecule has 0 aliphatic carbocycles. The second-order valence-electron chi connectivity index (χ2n) is 4.59. The summed E-state index contributed by atoms with van der Waals surface area (Å²) in [5, 5.41) is 8.51. The van der Waals surface area contributed by atoms with Crippen LogP contribution in [0.4, 0.5) is 0 Å². The van der Waals surface area contributed by atoms with Gasteiger partial charge >= 0.3 is 0 Å². The summed E-state index contributed by atoms with van der Waals surface area (Å²) < 4.78 is 0. The Morgan fingerprint density at radius 2 is 1.79 bits per heavy atom. The fourth-order valence-corrected chi connectivity index (χ4v) is 2.98. The lowest BCUT2D eigenvalue weighted by atomic mass is 10.1. The van der Waals surface area contributed by atoms with Crippen LogP contribution in [0.5, 0.6) is 0 Å². The Balaban J connectivity index is 2.44. The second-order valence-corrected chi connectivity index (χ2v) is 5.65. The summed E-state index contributed by atoms with van der Waals surface area (Å²) in [6.45, 7) is 5.98. The van der Waals surface area contributed by atoms with Crippen LogP contribution in [0.1, 0.15) is 22.4 Å². The number of nitrogens with two attached hydrogens (primary N) is 1. The highest BCUT2D eigenvalue weighted by Crippen LogP contribution is 2.30. The molecule has 4 heteroatoms. The average molecular weight is 271 g/mol. The minimum atomic E-state index is 0.0691. The zero-order valence-electron chi connectivity index (χ0n) is 11.3. The van der Waals surface area contributed by atoms with Crippen LogP contribution < -0.4 is 5.73 Å². The number of nitrogens with one attached hydrogen (secondary N) is 1. The van der Waals surface area contributed by atoms with Gasteiger partial charge in [0.25, 0.3) is 0 Å². The van der Waals surface area contributed by atoms with Gasteiger partial charge in [0.05, 0.1) is 5.56 Å². The fourth-order valence-electron chi connectivity index (χ4n) is 1.92. The maximum atomic E-state index is 7.71. The number of nitrogens with zero attached hydrogens (tertiary/aromatic N) is 1. The highest BCUT2D eigenvalue weighted by molar-refractivity contribution is 7.99. The van der Waals surface area contributed by atoms with Crippen molar-refractivity contribution >= 4 is 17.6 Å². The first kappa shape index (κ1) is 13.6. The number of amidine groups is 1. The number of nitrogen functional groups attached to an aromatic ring is 1. The van der Waals surface area contributed by atoms with E-state index in [-0.39, 0.29) is 5.84 Å². The molecule has 1 heterocycles. The SMILES string of the molecule is Cc1ccc(Sc2nc(C)cc(C)c2C(=N)N)cc1. The van der Waals surface area contributed by atoms with Gasteiger partial charge in [0.1, 0.15) is 10.9 Å². The molecule has 0 aliphatic heterocycles. The predicted molar refractivity (Wildman–Crippen MR) is 80.0 cm³/mol. The molecular formula is C15H17N3S. The summed E-state index contributed by atoms with van der Waals surface area (Å²) in [5.41, 5.74) is 9.57. The van der Waals surface area contributed by atoms with Crippen LogP contribution >= 0.6 is 11.8 Å². The lowest BCUT2D eigenvalue weighted by Gasteiger charge is -2.11. The smallest absolute Gasteiger partial charge is 0.125 e. The molecule has 0 unspecified atom stereocenters. The molecule has 0 radical (unpaired) electrons. The molecule has 2 rings (SSSR count). The van der Waals surface area contributed by atoms with Gasteiger partial charge in [-0.3, -0.25) is 5.41 Å². The number of aryl methyl sites for hydroxylation is 3. The fraction of sp³-hybridized carbons (Fsp3) is 0.200. The van der Waals surface area contributed by atoms with E-state index in [4.69, 9.17) is 11.1 Å². The Morgan fingerprint density at radius 3 is 2.37 bits per heavy atom. The van der Waals surface area contributed by atoms with Crippen LogP contribution in [0.3, 0.4) is 0 Å². The third-order valence-electron chi connectivity index (χ3n) is 2.82. The highest BCUT2D eigenvalue weighted by Gasteiger charge is 2.12. The van der Waals surface area contributed by atoms with E-state index in [2.05, 4.69) is 36.2 Å². The van der Waals surface area contributed by atoms with Crippen molar-refractivity contribution in [1.29, 1.82) is 5.41 Å². The van der Waals surface area contributed by atoms with Crippen molar-refractivity contribution in [3.05, 3.63) is 52.7 Å². The van der Waals surface area contributed by atoms with Crippen molar-refractivity contribution in [2.24, 2.45) is 5.73 Å². The Kier molecular flexibility index (Phi) is 3.90. The van der Waals surface area contributed by atoms with Gasteiger partial charge in [-0.2, -0.15) is 0 Å². The zero-order valence-corrected chi connectivity index (χ0v) is 12.1. The van der Waals surface area contributed by atoms with Gasteiger partial charge in [-0.05, 0) is 44.5 Å². The first-order chi connectivity index (χ1) is 8.97. The van der Waals surface area contributed by atoms with Gasteiger partial charge in [-0.25, -0.2) is 4.98 Å². The van der Waals surface area contributed by atoms with E-state index in [1.165, 1.54) is 5.56 Å². The average Bonchev–Trinajstić information content (AvgIpc) is 2.30. The summed E-state index contributed by atoms with van der Waals surface area (Å²) in [6.07, 6.45) is 0. The van der Waals surface area contributed by atoms with Gasteiger partial charge in [0.2, 0.25) is 0 Å². The summed E-state index contributed by atoms with van der Waals surface area (Å²) in [4.78, 5) is 5.62. The zero-order chi connectivity index (χ0) is 14.0. The minimum Gasteiger partial charge on any atom is -0.384 e. The predicted octanol–water partition coefficient (Wildman–Crippen LogP) is 3.44. The van der Waals surface area contributed by atoms with Gasteiger partial charge in [0, 0.05) is 10.6 Å². The van der Waals surface area contributed by atoms with E-state index in [9.17, 15) is 0 Å². The Bertz CT molecular complexity index is 618. The second kappa shape index (κ2) is 5.45. The quantitative estimate of drug-likeness (QED) is 0.664. The summed E-state index contributed by atoms with van der Waals surface area (Å²) in [5.74, 6) is 0.0691. The molecule has 2 aromatic rings. The third kappa shape index (κ3) is 3.15. The number of rotatable bonds is 3. The number of hydrogen-bond acceptors (Lipinski definition) is 3. The molecule has 0 atom stereocenters. The van der Waals surface area contributed by atoms with Crippen molar-refractivity contribution in [2.75, 3.05) is 0 Å². The van der Waals surface area contributed by atoms with E-state index in [1.807, 2.05) is 19.9 Å². The monoisotopic (exact) mass is 271 g/mol. The van der Waals surface area contributed by atoms with Gasteiger partial charge in [-0.1, -0.05) is 29.5 Å². The summed E-state index contributed by atoms with van der Waals surface area (Å²) in [6, 6.07) is 10.2. The maximum absolute atomic E-state index is 7.71. The molecule has 1 aromatic carbocycles. The van der Waals surface area contributed by atoms with E-state index in [1.54, 1.807) is 11.8 Å². The van der Waals surface area contributed by atoms with Gasteiger partial charge in [0.15, 0.2) is 0 Å². The van der Waals surface area contributed by atoms with Crippen LogP contribution in [0.15, 0.2) is 40.3 Å². The molecule has 0 spiro atoms. The number of hydrogen-bond donors (Lipinski definition) is 2. The molecule has 1 aromatic heterocycles. The molecule has 0 bridgehead atoms. The van der Waals surface area contributed by atoms with Crippen LogP contribution in [0, 0.1) is 26.2 Å². The Hall–Kier alpha value is -1.81. The first-order valence-electron chi connectivity index (χ1n) is 6.04. The molecule has 0 fully saturated rings. The first-order valence-corrected chi connectivity index (χ1v) is 6.86. The lowest BCUT2D eigenvalue weighted by molar-refractivity contribution is 1.03. The molecule has 3 N–H and O–H groups in total. The highest BCUT2D eigenvalue weighted by atomic mass is 32.2. The normalized spacial score (nSPS) is 10.5. The van der Waals surface area contributed by atoms with E-state index in [0.717, 1.165) is 26.7 Å². The Labute approximate surface area is 117 Å². The van der Waals surface area contributed by atoms with Crippen molar-refractivity contribution in [2.45, 2.75) is 30.7 Å². The van der Waals surface area contributed by atoms with E-state index in [0.29, 0.717) is 0 Å².